The molecule has 2 heterocycles. The third-order valence-electron chi connectivity index (χ3n) is 3.26. The number of nitrogens with two attached hydrogens (primary N) is 1. The average Bonchev–Trinajstić information content (AvgIpc) is 2.73. The quantitative estimate of drug-likeness (QED) is 0.703. The number of aryl methyl sites for hydroxylation is 2. The zero-order valence-corrected chi connectivity index (χ0v) is 12.6. The van der Waals surface area contributed by atoms with Crippen LogP contribution in [0.5, 0.6) is 5.75 Å². The Morgan fingerprint density at radius 2 is 2.05 bits per heavy atom. The summed E-state index contributed by atoms with van der Waals surface area (Å²) in [7, 11) is 0. The van der Waals surface area contributed by atoms with E-state index in [0.29, 0.717) is 10.6 Å². The molecule has 0 bridgehead atoms. The molecule has 0 radical (unpaired) electrons. The van der Waals surface area contributed by atoms with E-state index in [4.69, 9.17) is 5.73 Å². The molecule has 0 aliphatic rings. The second-order valence-electron chi connectivity index (χ2n) is 4.89. The molecule has 0 aliphatic heterocycles. The minimum absolute atomic E-state index is 0.199. The first-order chi connectivity index (χ1) is 10.1. The van der Waals surface area contributed by atoms with E-state index in [1.54, 1.807) is 24.4 Å². The van der Waals surface area contributed by atoms with E-state index in [1.807, 2.05) is 26.0 Å². The van der Waals surface area contributed by atoms with E-state index in [1.165, 1.54) is 11.3 Å². The standard InChI is InChI=1S/C16H15N3OS/c1-9-7-10(2)19-16-13(9)14(15(17)21-16)18-8-11-5-3-4-6-12(11)20/h3-8,20H,17H2,1-2H3. The fraction of sp³-hybridized carbons (Fsp3) is 0.125. The number of phenols is 1. The lowest BCUT2D eigenvalue weighted by atomic mass is 10.1. The highest BCUT2D eigenvalue weighted by Crippen LogP contribution is 2.41. The lowest BCUT2D eigenvalue weighted by Crippen LogP contribution is -1.85. The fourth-order valence-corrected chi connectivity index (χ4v) is 3.31. The monoisotopic (exact) mass is 297 g/mol. The van der Waals surface area contributed by atoms with Gasteiger partial charge in [0.1, 0.15) is 21.3 Å². The SMILES string of the molecule is Cc1cc(C)c2c(N=Cc3ccccc3O)c(N)sc2n1. The number of aromatic hydroxyl groups is 1. The molecule has 0 atom stereocenters. The number of hydrogen-bond acceptors (Lipinski definition) is 5. The maximum Gasteiger partial charge on any atom is 0.128 e. The number of para-hydroxylation sites is 1. The second kappa shape index (κ2) is 5.18. The van der Waals surface area contributed by atoms with E-state index >= 15 is 0 Å². The molecule has 0 saturated carbocycles. The molecule has 0 amide bonds. The van der Waals surface area contributed by atoms with Gasteiger partial charge in [-0.3, -0.25) is 4.99 Å². The molecule has 0 spiro atoms. The number of benzene rings is 1. The van der Waals surface area contributed by atoms with Crippen molar-refractivity contribution >= 4 is 38.5 Å². The first kappa shape index (κ1) is 13.6. The highest BCUT2D eigenvalue weighted by molar-refractivity contribution is 7.23. The number of hydrogen-bond donors (Lipinski definition) is 2. The van der Waals surface area contributed by atoms with E-state index in [0.717, 1.165) is 27.2 Å². The summed E-state index contributed by atoms with van der Waals surface area (Å²) in [5.74, 6) is 0.199. The van der Waals surface area contributed by atoms with Gasteiger partial charge in [-0.05, 0) is 37.6 Å². The van der Waals surface area contributed by atoms with Crippen LogP contribution >= 0.6 is 11.3 Å². The van der Waals surface area contributed by atoms with Gasteiger partial charge in [-0.25, -0.2) is 4.98 Å². The number of rotatable bonds is 2. The van der Waals surface area contributed by atoms with Gasteiger partial charge >= 0.3 is 0 Å². The van der Waals surface area contributed by atoms with Crippen molar-refractivity contribution in [3.8, 4) is 5.75 Å². The lowest BCUT2D eigenvalue weighted by molar-refractivity contribution is 0.474. The first-order valence-electron chi connectivity index (χ1n) is 6.54. The van der Waals surface area contributed by atoms with Crippen LogP contribution < -0.4 is 5.73 Å². The van der Waals surface area contributed by atoms with Crippen LogP contribution in [0.4, 0.5) is 10.7 Å². The summed E-state index contributed by atoms with van der Waals surface area (Å²) in [5.41, 5.74) is 9.54. The number of aliphatic imine (C=N–C) groups is 1. The van der Waals surface area contributed by atoms with E-state index < -0.39 is 0 Å². The van der Waals surface area contributed by atoms with Crippen molar-refractivity contribution in [2.24, 2.45) is 4.99 Å². The van der Waals surface area contributed by atoms with Gasteiger partial charge in [-0.15, -0.1) is 0 Å². The molecule has 3 N–H and O–H groups in total. The Bertz CT molecular complexity index is 852. The fourth-order valence-electron chi connectivity index (χ4n) is 2.30. The molecule has 0 unspecified atom stereocenters. The van der Waals surface area contributed by atoms with Crippen LogP contribution in [0.2, 0.25) is 0 Å². The molecule has 3 rings (SSSR count). The van der Waals surface area contributed by atoms with Crippen molar-refractivity contribution in [1.82, 2.24) is 4.98 Å². The number of nitrogen functional groups attached to an aromatic ring is 1. The Morgan fingerprint density at radius 3 is 2.81 bits per heavy atom. The lowest BCUT2D eigenvalue weighted by Gasteiger charge is -2.01. The van der Waals surface area contributed by atoms with Crippen LogP contribution in [0, 0.1) is 13.8 Å². The molecule has 3 aromatic rings. The van der Waals surface area contributed by atoms with E-state index in [9.17, 15) is 5.11 Å². The molecule has 106 valence electrons. The van der Waals surface area contributed by atoms with E-state index in [2.05, 4.69) is 9.98 Å². The number of nitrogens with zero attached hydrogens (tertiary/aromatic N) is 2. The van der Waals surface area contributed by atoms with Gasteiger partial charge in [-0.1, -0.05) is 23.5 Å². The summed E-state index contributed by atoms with van der Waals surface area (Å²) in [5, 5.41) is 11.4. The maximum atomic E-state index is 9.78. The second-order valence-corrected chi connectivity index (χ2v) is 5.92. The highest BCUT2D eigenvalue weighted by Gasteiger charge is 2.13. The average molecular weight is 297 g/mol. The molecule has 0 aliphatic carbocycles. The summed E-state index contributed by atoms with van der Waals surface area (Å²) < 4.78 is 0. The highest BCUT2D eigenvalue weighted by atomic mass is 32.1. The Hall–Kier alpha value is -2.40. The van der Waals surface area contributed by atoms with Gasteiger partial charge in [0.2, 0.25) is 0 Å². The van der Waals surface area contributed by atoms with Gasteiger partial charge in [0.15, 0.2) is 0 Å². The number of pyridine rings is 1. The first-order valence-corrected chi connectivity index (χ1v) is 7.36. The van der Waals surface area contributed by atoms with Crippen LogP contribution in [0.25, 0.3) is 10.2 Å². The van der Waals surface area contributed by atoms with Crippen molar-refractivity contribution in [3.05, 3.63) is 47.2 Å². The summed E-state index contributed by atoms with van der Waals surface area (Å²) in [6, 6.07) is 9.09. The molecular weight excluding hydrogens is 282 g/mol. The Balaban J connectivity index is 2.13. The zero-order chi connectivity index (χ0) is 15.0. The molecule has 5 heteroatoms. The van der Waals surface area contributed by atoms with Gasteiger partial charge < -0.3 is 10.8 Å². The Kier molecular flexibility index (Phi) is 3.35. The smallest absolute Gasteiger partial charge is 0.128 e. The van der Waals surface area contributed by atoms with Gasteiger partial charge in [0.05, 0.1) is 0 Å². The minimum Gasteiger partial charge on any atom is -0.507 e. The largest absolute Gasteiger partial charge is 0.507 e. The Labute approximate surface area is 126 Å². The summed E-state index contributed by atoms with van der Waals surface area (Å²) in [6.07, 6.45) is 1.63. The van der Waals surface area contributed by atoms with Gasteiger partial charge in [0.25, 0.3) is 0 Å². The zero-order valence-electron chi connectivity index (χ0n) is 11.8. The molecule has 21 heavy (non-hydrogen) atoms. The van der Waals surface area contributed by atoms with Crippen molar-refractivity contribution < 1.29 is 5.11 Å². The van der Waals surface area contributed by atoms with Crippen molar-refractivity contribution in [2.45, 2.75) is 13.8 Å². The predicted molar refractivity (Wildman–Crippen MR) is 88.9 cm³/mol. The van der Waals surface area contributed by atoms with Gasteiger partial charge in [-0.2, -0.15) is 0 Å². The predicted octanol–water partition coefficient (Wildman–Crippen LogP) is 3.95. The third-order valence-corrected chi connectivity index (χ3v) is 4.16. The third kappa shape index (κ3) is 2.48. The van der Waals surface area contributed by atoms with Crippen molar-refractivity contribution in [1.29, 1.82) is 0 Å². The molecule has 1 aromatic carbocycles. The number of aromatic nitrogens is 1. The van der Waals surface area contributed by atoms with Crippen LogP contribution in [-0.4, -0.2) is 16.3 Å². The number of thiophene rings is 1. The summed E-state index contributed by atoms with van der Waals surface area (Å²) in [6.45, 7) is 4.00. The van der Waals surface area contributed by atoms with Crippen molar-refractivity contribution in [2.75, 3.05) is 5.73 Å². The van der Waals surface area contributed by atoms with E-state index in [-0.39, 0.29) is 5.75 Å². The molecule has 0 fully saturated rings. The van der Waals surface area contributed by atoms with Crippen LogP contribution in [0.1, 0.15) is 16.8 Å². The Morgan fingerprint density at radius 1 is 1.29 bits per heavy atom. The van der Waals surface area contributed by atoms with Crippen LogP contribution in [0.3, 0.4) is 0 Å². The molecule has 0 saturated heterocycles. The molecule has 4 nitrogen and oxygen atoms in total. The minimum atomic E-state index is 0.199. The molecular formula is C16H15N3OS. The van der Waals surface area contributed by atoms with Crippen molar-refractivity contribution in [3.63, 3.8) is 0 Å². The summed E-state index contributed by atoms with van der Waals surface area (Å²) in [4.78, 5) is 9.88. The number of phenolic OH excluding ortho intramolecular Hbond substituents is 1. The normalized spacial score (nSPS) is 11.5. The molecule has 2 aromatic heterocycles. The summed E-state index contributed by atoms with van der Waals surface area (Å²) >= 11 is 1.44. The maximum absolute atomic E-state index is 9.78. The van der Waals surface area contributed by atoms with Crippen LogP contribution in [0.15, 0.2) is 35.3 Å². The number of fused-ring (bicyclic) bond motifs is 1. The van der Waals surface area contributed by atoms with Crippen LogP contribution in [-0.2, 0) is 0 Å². The number of anilines is 1. The van der Waals surface area contributed by atoms with Gasteiger partial charge in [0, 0.05) is 22.9 Å². The topological polar surface area (TPSA) is 71.5 Å².